The van der Waals surface area contributed by atoms with E-state index in [-0.39, 0.29) is 18.9 Å². The van der Waals surface area contributed by atoms with Crippen LogP contribution in [0.5, 0.6) is 0 Å². The maximum absolute atomic E-state index is 14.7. The van der Waals surface area contributed by atoms with Crippen LogP contribution in [0, 0.1) is 11.8 Å². The van der Waals surface area contributed by atoms with Crippen molar-refractivity contribution in [1.29, 1.82) is 0 Å². The summed E-state index contributed by atoms with van der Waals surface area (Å²) in [5.74, 6) is -3.87. The van der Waals surface area contributed by atoms with Crippen LogP contribution in [0.1, 0.15) is 38.4 Å². The number of allylic oxidation sites excluding steroid dienone is 1. The van der Waals surface area contributed by atoms with Crippen molar-refractivity contribution in [3.05, 3.63) is 89.5 Å². The number of ether oxygens (including phenoxy) is 2. The van der Waals surface area contributed by atoms with E-state index in [0.717, 1.165) is 0 Å². The van der Waals surface area contributed by atoms with E-state index >= 15 is 0 Å². The normalized spacial score (nSPS) is 33.2. The molecule has 0 unspecified atom stereocenters. The van der Waals surface area contributed by atoms with E-state index in [0.29, 0.717) is 22.7 Å². The summed E-state index contributed by atoms with van der Waals surface area (Å²) in [4.78, 5) is 58.9. The minimum absolute atomic E-state index is 0.139. The third-order valence-corrected chi connectivity index (χ3v) is 9.42. The molecule has 45 heavy (non-hydrogen) atoms. The summed E-state index contributed by atoms with van der Waals surface area (Å²) in [7, 11) is 0. The Kier molecular flexibility index (Phi) is 8.56. The molecular formula is C34H36ClN3O7. The first kappa shape index (κ1) is 31.0. The number of fused-ring (bicyclic) bond motifs is 2. The summed E-state index contributed by atoms with van der Waals surface area (Å²) in [6.45, 7) is 3.18. The monoisotopic (exact) mass is 633 g/mol. The number of esters is 1. The molecule has 0 saturated carbocycles. The molecule has 3 amide bonds. The number of halogens is 1. The average Bonchev–Trinajstić information content (AvgIpc) is 3.68. The van der Waals surface area contributed by atoms with Gasteiger partial charge >= 0.3 is 5.97 Å². The molecule has 4 aliphatic rings. The molecule has 11 heteroatoms. The Bertz CT molecular complexity index is 1530. The predicted molar refractivity (Wildman–Crippen MR) is 166 cm³/mol. The fraction of sp³-hybridized carbons (Fsp3) is 0.412. The second kappa shape index (κ2) is 12.4. The van der Waals surface area contributed by atoms with Gasteiger partial charge in [-0.3, -0.25) is 19.2 Å². The van der Waals surface area contributed by atoms with Gasteiger partial charge in [0.1, 0.15) is 23.7 Å². The molecule has 2 N–H and O–H groups in total. The molecule has 0 aromatic heterocycles. The minimum atomic E-state index is -1.45. The van der Waals surface area contributed by atoms with Gasteiger partial charge in [-0.05, 0) is 50.1 Å². The molecule has 2 fully saturated rings. The molecule has 4 heterocycles. The van der Waals surface area contributed by atoms with Crippen LogP contribution in [-0.2, 0) is 28.7 Å². The average molecular weight is 634 g/mol. The molecule has 0 aliphatic carbocycles. The van der Waals surface area contributed by atoms with Crippen LogP contribution in [0.15, 0.2) is 78.9 Å². The van der Waals surface area contributed by atoms with E-state index in [9.17, 15) is 24.3 Å². The Labute approximate surface area is 266 Å². The number of amides is 3. The van der Waals surface area contributed by atoms with E-state index in [1.54, 1.807) is 56.3 Å². The predicted octanol–water partition coefficient (Wildman–Crippen LogP) is 3.34. The lowest BCUT2D eigenvalue weighted by molar-refractivity contribution is -0.161. The summed E-state index contributed by atoms with van der Waals surface area (Å²) >= 11 is 6.15. The summed E-state index contributed by atoms with van der Waals surface area (Å²) < 4.78 is 12.6. The van der Waals surface area contributed by atoms with Gasteiger partial charge in [-0.15, -0.1) is 0 Å². The number of carbonyl (C=O) groups excluding carboxylic acids is 4. The Morgan fingerprint density at radius 3 is 2.49 bits per heavy atom. The molecule has 2 saturated heterocycles. The summed E-state index contributed by atoms with van der Waals surface area (Å²) in [6.07, 6.45) is 6.04. The summed E-state index contributed by atoms with van der Waals surface area (Å²) in [5, 5.41) is 13.7. The van der Waals surface area contributed by atoms with E-state index < -0.39 is 72.2 Å². The molecular weight excluding hydrogens is 598 g/mol. The molecule has 5 bridgehead atoms. The molecule has 2 aromatic rings. The quantitative estimate of drug-likeness (QED) is 0.391. The van der Waals surface area contributed by atoms with Crippen molar-refractivity contribution in [2.75, 3.05) is 18.1 Å². The number of hydrogen-bond acceptors (Lipinski definition) is 7. The number of hydrogen-bond donors (Lipinski definition) is 2. The number of benzene rings is 2. The highest BCUT2D eigenvalue weighted by molar-refractivity contribution is 6.30. The topological polar surface area (TPSA) is 125 Å². The van der Waals surface area contributed by atoms with Crippen LogP contribution in [0.3, 0.4) is 0 Å². The van der Waals surface area contributed by atoms with Gasteiger partial charge < -0.3 is 29.7 Å². The number of cyclic esters (lactones) is 1. The largest absolute Gasteiger partial charge is 0.455 e. The van der Waals surface area contributed by atoms with Crippen molar-refractivity contribution in [3.8, 4) is 0 Å². The van der Waals surface area contributed by atoms with Crippen molar-refractivity contribution in [2.45, 2.75) is 62.6 Å². The second-order valence-electron chi connectivity index (χ2n) is 12.0. The van der Waals surface area contributed by atoms with Gasteiger partial charge in [0.25, 0.3) is 5.91 Å². The lowest BCUT2D eigenvalue weighted by Gasteiger charge is -2.37. The fourth-order valence-corrected chi connectivity index (χ4v) is 7.16. The summed E-state index contributed by atoms with van der Waals surface area (Å²) in [5.41, 5.74) is -0.220. The third kappa shape index (κ3) is 5.45. The SMILES string of the molecule is C[C@@H]1NC(=O)CC/C=C\CN(c2ccc(Cl)cc2)C(=O)[C@H]2N([C@H](C)CO)C(=O)[C@@H]3[C@@H](C(=O)O[C@H]1c1ccccc1)[C@H]1C=C[C@]32O1. The Balaban J connectivity index is 1.45. The third-order valence-electron chi connectivity index (χ3n) is 9.17. The maximum Gasteiger partial charge on any atom is 0.313 e. The molecule has 1 spiro atoms. The number of aliphatic hydroxyl groups is 1. The first-order chi connectivity index (χ1) is 21.7. The number of nitrogens with one attached hydrogen (secondary N) is 1. The lowest BCUT2D eigenvalue weighted by Crippen LogP contribution is -2.58. The number of rotatable bonds is 4. The Hall–Kier alpha value is -3.99. The standard InChI is InChI=1S/C34H36ClN3O7/c1-20(19-39)38-30-32(42)37(24-14-12-23(35)13-15-24)18-8-4-7-11-26(40)36-21(2)29(22-9-5-3-6-10-22)44-33(43)27-25-16-17-34(30,45-25)28(27)31(38)41/h3-6,8-10,12-17,20-21,25,27-30,39H,7,11,18-19H2,1-2H3,(H,36,40)/b8-4-/t20-,21+,25-,27+,28+,29-,30-,34+/m1/s1. The van der Waals surface area contributed by atoms with Crippen molar-refractivity contribution in [1.82, 2.24) is 10.2 Å². The highest BCUT2D eigenvalue weighted by Crippen LogP contribution is 2.56. The number of nitrogens with zero attached hydrogens (tertiary/aromatic N) is 2. The summed E-state index contributed by atoms with van der Waals surface area (Å²) in [6, 6.07) is 13.4. The van der Waals surface area contributed by atoms with Gasteiger partial charge in [0.15, 0.2) is 0 Å². The molecule has 6 rings (SSSR count). The van der Waals surface area contributed by atoms with Gasteiger partial charge in [-0.25, -0.2) is 0 Å². The number of likely N-dealkylation sites (tertiary alicyclic amines) is 1. The highest BCUT2D eigenvalue weighted by atomic mass is 35.5. The van der Waals surface area contributed by atoms with E-state index in [1.807, 2.05) is 36.4 Å². The highest BCUT2D eigenvalue weighted by Gasteiger charge is 2.74. The second-order valence-corrected chi connectivity index (χ2v) is 12.5. The van der Waals surface area contributed by atoms with Crippen LogP contribution < -0.4 is 10.2 Å². The first-order valence-electron chi connectivity index (χ1n) is 15.2. The van der Waals surface area contributed by atoms with Gasteiger partial charge in [-0.1, -0.05) is 66.2 Å². The Morgan fingerprint density at radius 1 is 1.04 bits per heavy atom. The van der Waals surface area contributed by atoms with Crippen LogP contribution in [0.25, 0.3) is 0 Å². The molecule has 2 aromatic carbocycles. The van der Waals surface area contributed by atoms with Gasteiger partial charge in [-0.2, -0.15) is 0 Å². The number of anilines is 1. The molecule has 0 radical (unpaired) electrons. The smallest absolute Gasteiger partial charge is 0.313 e. The Morgan fingerprint density at radius 2 is 1.78 bits per heavy atom. The van der Waals surface area contributed by atoms with Crippen LogP contribution >= 0.6 is 11.6 Å². The van der Waals surface area contributed by atoms with E-state index in [4.69, 9.17) is 21.1 Å². The van der Waals surface area contributed by atoms with Gasteiger partial charge in [0.2, 0.25) is 11.8 Å². The first-order valence-corrected chi connectivity index (χ1v) is 15.6. The number of aliphatic hydroxyl groups excluding tert-OH is 1. The molecule has 8 atom stereocenters. The maximum atomic E-state index is 14.7. The van der Waals surface area contributed by atoms with Crippen molar-refractivity contribution in [3.63, 3.8) is 0 Å². The van der Waals surface area contributed by atoms with Gasteiger partial charge in [0, 0.05) is 23.7 Å². The van der Waals surface area contributed by atoms with Crippen LogP contribution in [-0.4, -0.2) is 76.7 Å². The van der Waals surface area contributed by atoms with E-state index in [1.165, 1.54) is 9.80 Å². The van der Waals surface area contributed by atoms with Gasteiger partial charge in [0.05, 0.1) is 30.7 Å². The number of carbonyl (C=O) groups is 4. The van der Waals surface area contributed by atoms with E-state index in [2.05, 4.69) is 5.32 Å². The minimum Gasteiger partial charge on any atom is -0.455 e. The zero-order valence-corrected chi connectivity index (χ0v) is 25.8. The lowest BCUT2D eigenvalue weighted by atomic mass is 9.74. The molecule has 236 valence electrons. The fourth-order valence-electron chi connectivity index (χ4n) is 7.03. The van der Waals surface area contributed by atoms with Crippen molar-refractivity contribution < 1.29 is 33.8 Å². The van der Waals surface area contributed by atoms with Crippen LogP contribution in [0.4, 0.5) is 5.69 Å². The van der Waals surface area contributed by atoms with Crippen molar-refractivity contribution in [2.24, 2.45) is 11.8 Å². The molecule has 4 aliphatic heterocycles. The zero-order chi connectivity index (χ0) is 31.9. The van der Waals surface area contributed by atoms with Crippen molar-refractivity contribution >= 4 is 41.0 Å². The zero-order valence-electron chi connectivity index (χ0n) is 25.0. The van der Waals surface area contributed by atoms with Crippen LogP contribution in [0.2, 0.25) is 5.02 Å². The molecule has 10 nitrogen and oxygen atoms in total.